The Morgan fingerprint density at radius 3 is 1.67 bits per heavy atom. The maximum absolute atomic E-state index is 3.10. The normalized spacial score (nSPS) is 18.0. The molecular formula is C12H8. The van der Waals surface area contributed by atoms with Crippen molar-refractivity contribution in [2.45, 2.75) is 0 Å². The van der Waals surface area contributed by atoms with Gasteiger partial charge in [0.25, 0.3) is 0 Å². The lowest BCUT2D eigenvalue weighted by molar-refractivity contribution is 1.69. The van der Waals surface area contributed by atoms with E-state index in [1.165, 1.54) is 0 Å². The van der Waals surface area contributed by atoms with E-state index in [1.807, 2.05) is 48.6 Å². The average Bonchev–Trinajstić information content (AvgIpc) is 2.74. The Balaban J connectivity index is 2.13. The van der Waals surface area contributed by atoms with Gasteiger partial charge >= 0.3 is 0 Å². The van der Waals surface area contributed by atoms with Crippen molar-refractivity contribution in [1.82, 2.24) is 0 Å². The van der Waals surface area contributed by atoms with Crippen LogP contribution in [0.25, 0.3) is 0 Å². The highest BCUT2D eigenvalue weighted by molar-refractivity contribution is 5.44. The monoisotopic (exact) mass is 152 g/mol. The van der Waals surface area contributed by atoms with Crippen molar-refractivity contribution < 1.29 is 0 Å². The highest BCUT2D eigenvalue weighted by Crippen LogP contribution is 2.08. The zero-order valence-corrected chi connectivity index (χ0v) is 6.62. The molecule has 2 aliphatic carbocycles. The van der Waals surface area contributed by atoms with Crippen LogP contribution in [0.15, 0.2) is 71.2 Å². The molecule has 0 aliphatic heterocycles. The zero-order chi connectivity index (χ0) is 8.23. The fourth-order valence-corrected chi connectivity index (χ4v) is 1.08. The molecule has 0 bridgehead atoms. The molecule has 0 amide bonds. The third-order valence-corrected chi connectivity index (χ3v) is 1.69. The highest BCUT2D eigenvalue weighted by Gasteiger charge is 1.89. The van der Waals surface area contributed by atoms with E-state index in [1.54, 1.807) is 0 Å². The summed E-state index contributed by atoms with van der Waals surface area (Å²) in [6, 6.07) is 0. The number of allylic oxidation sites excluding steroid dienone is 8. The summed E-state index contributed by atoms with van der Waals surface area (Å²) >= 11 is 0. The Bertz CT molecular complexity index is 359. The number of hydrogen-bond donors (Lipinski definition) is 0. The van der Waals surface area contributed by atoms with E-state index in [4.69, 9.17) is 0 Å². The van der Waals surface area contributed by atoms with Crippen molar-refractivity contribution in [2.75, 3.05) is 0 Å². The van der Waals surface area contributed by atoms with Crippen molar-refractivity contribution in [1.29, 1.82) is 0 Å². The number of rotatable bonds is 2. The van der Waals surface area contributed by atoms with Gasteiger partial charge < -0.3 is 0 Å². The standard InChI is InChI=1S/C12H8/c1-2-6-11(5-1)9-10-12-7-3-4-8-12/h1-5,7,9-10H/b10-9+. The number of hydrogen-bond acceptors (Lipinski definition) is 0. The molecule has 0 heterocycles. The first kappa shape index (κ1) is 6.94. The maximum atomic E-state index is 3.10. The van der Waals surface area contributed by atoms with E-state index in [0.717, 1.165) is 11.1 Å². The van der Waals surface area contributed by atoms with Crippen molar-refractivity contribution >= 4 is 0 Å². The summed E-state index contributed by atoms with van der Waals surface area (Å²) in [5.74, 6) is 0. The molecule has 0 spiro atoms. The lowest BCUT2D eigenvalue weighted by Crippen LogP contribution is -1.66. The third-order valence-electron chi connectivity index (χ3n) is 1.69. The quantitative estimate of drug-likeness (QED) is 0.534. The van der Waals surface area contributed by atoms with E-state index in [0.29, 0.717) is 0 Å². The van der Waals surface area contributed by atoms with Crippen LogP contribution in [-0.2, 0) is 0 Å². The topological polar surface area (TPSA) is 0 Å². The van der Waals surface area contributed by atoms with Crippen LogP contribution in [0.3, 0.4) is 0 Å². The van der Waals surface area contributed by atoms with Crippen LogP contribution in [0.5, 0.6) is 0 Å². The van der Waals surface area contributed by atoms with Gasteiger partial charge in [0.2, 0.25) is 0 Å². The first-order valence-corrected chi connectivity index (χ1v) is 3.90. The minimum absolute atomic E-state index is 1.12. The molecule has 0 nitrogen and oxygen atoms in total. The van der Waals surface area contributed by atoms with E-state index >= 15 is 0 Å². The molecule has 56 valence electrons. The molecule has 12 heavy (non-hydrogen) atoms. The predicted octanol–water partition coefficient (Wildman–Crippen LogP) is 2.85. The molecule has 0 saturated carbocycles. The summed E-state index contributed by atoms with van der Waals surface area (Å²) in [5.41, 5.74) is 8.43. The van der Waals surface area contributed by atoms with Gasteiger partial charge in [0.05, 0.1) is 0 Å². The van der Waals surface area contributed by atoms with Crippen molar-refractivity contribution in [3.8, 4) is 0 Å². The van der Waals surface area contributed by atoms with Gasteiger partial charge in [-0.05, 0) is 36.5 Å². The molecule has 2 aliphatic rings. The van der Waals surface area contributed by atoms with E-state index in [-0.39, 0.29) is 0 Å². The predicted molar refractivity (Wildman–Crippen MR) is 50.6 cm³/mol. The van der Waals surface area contributed by atoms with Gasteiger partial charge in [-0.25, -0.2) is 0 Å². The fraction of sp³-hybridized carbons (Fsp3) is 0. The van der Waals surface area contributed by atoms with Crippen LogP contribution in [0.1, 0.15) is 0 Å². The third kappa shape index (κ3) is 1.46. The van der Waals surface area contributed by atoms with Gasteiger partial charge in [0.1, 0.15) is 0 Å². The van der Waals surface area contributed by atoms with Crippen molar-refractivity contribution in [2.24, 2.45) is 0 Å². The summed E-state index contributed by atoms with van der Waals surface area (Å²) < 4.78 is 0. The lowest BCUT2D eigenvalue weighted by Gasteiger charge is -1.84. The molecule has 0 aromatic heterocycles. The Labute approximate surface area is 71.9 Å². The Morgan fingerprint density at radius 2 is 1.33 bits per heavy atom. The van der Waals surface area contributed by atoms with Crippen LogP contribution < -0.4 is 0 Å². The highest BCUT2D eigenvalue weighted by atomic mass is 13.9. The van der Waals surface area contributed by atoms with Crippen LogP contribution in [0.2, 0.25) is 0 Å². The molecule has 0 radical (unpaired) electrons. The Kier molecular flexibility index (Phi) is 1.80. The van der Waals surface area contributed by atoms with Crippen LogP contribution >= 0.6 is 0 Å². The summed E-state index contributed by atoms with van der Waals surface area (Å²) in [7, 11) is 0. The fourth-order valence-electron chi connectivity index (χ4n) is 1.08. The first-order chi connectivity index (χ1) is 5.95. The lowest BCUT2D eigenvalue weighted by atomic mass is 10.2. The van der Waals surface area contributed by atoms with Crippen molar-refractivity contribution in [3.63, 3.8) is 0 Å². The molecule has 0 atom stereocenters. The Morgan fingerprint density at radius 1 is 0.833 bits per heavy atom. The van der Waals surface area contributed by atoms with E-state index in [2.05, 4.69) is 11.5 Å². The molecule has 0 saturated heterocycles. The van der Waals surface area contributed by atoms with Crippen LogP contribution in [0.4, 0.5) is 0 Å². The summed E-state index contributed by atoms with van der Waals surface area (Å²) in [4.78, 5) is 0. The van der Waals surface area contributed by atoms with Crippen LogP contribution in [0, 0.1) is 0 Å². The van der Waals surface area contributed by atoms with E-state index < -0.39 is 0 Å². The molecule has 2 rings (SSSR count). The largest absolute Gasteiger partial charge is 0.113 e. The zero-order valence-electron chi connectivity index (χ0n) is 6.62. The molecule has 0 aromatic carbocycles. The molecule has 0 N–H and O–H groups in total. The minimum Gasteiger partial charge on any atom is -0.113 e. The summed E-state index contributed by atoms with van der Waals surface area (Å²) in [5, 5.41) is 0. The Hall–Kier alpha value is -1.74. The second-order valence-corrected chi connectivity index (χ2v) is 2.58. The second-order valence-electron chi connectivity index (χ2n) is 2.58. The van der Waals surface area contributed by atoms with E-state index in [9.17, 15) is 0 Å². The molecular weight excluding hydrogens is 144 g/mol. The van der Waals surface area contributed by atoms with Gasteiger partial charge in [-0.15, -0.1) is 11.5 Å². The van der Waals surface area contributed by atoms with Gasteiger partial charge in [0, 0.05) is 11.1 Å². The smallest absolute Gasteiger partial charge is 0.0165 e. The van der Waals surface area contributed by atoms with Crippen LogP contribution in [-0.4, -0.2) is 0 Å². The minimum atomic E-state index is 1.12. The molecule has 0 heteroatoms. The van der Waals surface area contributed by atoms with Gasteiger partial charge in [-0.1, -0.05) is 12.2 Å². The first-order valence-electron chi connectivity index (χ1n) is 3.90. The maximum Gasteiger partial charge on any atom is 0.0165 e. The van der Waals surface area contributed by atoms with Gasteiger partial charge in [-0.2, -0.15) is 0 Å². The summed E-state index contributed by atoms with van der Waals surface area (Å²) in [6.45, 7) is 0. The molecule has 0 unspecified atom stereocenters. The SMILES string of the molecule is C1=CC=CC=1/C=C/C1=C=CC=C1. The van der Waals surface area contributed by atoms with Crippen molar-refractivity contribution in [3.05, 3.63) is 71.2 Å². The van der Waals surface area contributed by atoms with Gasteiger partial charge in [0.15, 0.2) is 0 Å². The average molecular weight is 152 g/mol. The molecule has 0 aromatic rings. The second kappa shape index (κ2) is 3.11. The molecule has 0 fully saturated rings. The van der Waals surface area contributed by atoms with Gasteiger partial charge in [-0.3, -0.25) is 0 Å². The summed E-state index contributed by atoms with van der Waals surface area (Å²) in [6.07, 6.45) is 15.9.